The number of carbonyl (C=O) groups is 1. The van der Waals surface area contributed by atoms with E-state index in [2.05, 4.69) is 0 Å². The van der Waals surface area contributed by atoms with Gasteiger partial charge in [0.2, 0.25) is 0 Å². The first-order valence-electron chi connectivity index (χ1n) is 5.16. The molecule has 3 heteroatoms. The number of aliphatic carboxylic acids is 1. The summed E-state index contributed by atoms with van der Waals surface area (Å²) in [6.45, 7) is 8.25. The Morgan fingerprint density at radius 3 is 2.60 bits per heavy atom. The molecule has 0 atom stereocenters. The molecule has 1 N–H and O–H groups in total. The van der Waals surface area contributed by atoms with Crippen molar-refractivity contribution in [2.75, 3.05) is 6.61 Å². The number of rotatable bonds is 3. The zero-order valence-corrected chi connectivity index (χ0v) is 9.76. The molecule has 0 aliphatic heterocycles. The first-order chi connectivity index (χ1) is 6.88. The van der Waals surface area contributed by atoms with Crippen molar-refractivity contribution in [3.63, 3.8) is 0 Å². The van der Waals surface area contributed by atoms with Gasteiger partial charge in [0.15, 0.2) is 0 Å². The van der Waals surface area contributed by atoms with Gasteiger partial charge in [-0.1, -0.05) is 13.8 Å². The smallest absolute Gasteiger partial charge is 0.332 e. The molecule has 15 heavy (non-hydrogen) atoms. The van der Waals surface area contributed by atoms with Crippen LogP contribution in [0.15, 0.2) is 23.0 Å². The predicted octanol–water partition coefficient (Wildman–Crippen LogP) is 2.74. The summed E-state index contributed by atoms with van der Waals surface area (Å²) in [7, 11) is 0. The molecule has 0 unspecified atom stereocenters. The van der Waals surface area contributed by atoms with Gasteiger partial charge in [0.1, 0.15) is 0 Å². The van der Waals surface area contributed by atoms with Crippen LogP contribution in [-0.2, 0) is 9.53 Å². The van der Waals surface area contributed by atoms with Crippen LogP contribution in [0.1, 0.15) is 34.1 Å². The number of hydrogen-bond donors (Lipinski definition) is 1. The van der Waals surface area contributed by atoms with Gasteiger partial charge in [-0.3, -0.25) is 0 Å². The highest BCUT2D eigenvalue weighted by Crippen LogP contribution is 2.40. The summed E-state index contributed by atoms with van der Waals surface area (Å²) < 4.78 is 5.45. The lowest BCUT2D eigenvalue weighted by molar-refractivity contribution is -0.133. The second-order valence-corrected chi connectivity index (χ2v) is 4.47. The maximum atomic E-state index is 11.1. The third kappa shape index (κ3) is 2.41. The third-order valence-electron chi connectivity index (χ3n) is 2.61. The average molecular weight is 210 g/mol. The molecule has 0 heterocycles. The Labute approximate surface area is 90.4 Å². The molecule has 0 aromatic heterocycles. The minimum absolute atomic E-state index is 0.352. The molecule has 0 aromatic carbocycles. The summed E-state index contributed by atoms with van der Waals surface area (Å²) in [6, 6.07) is 0. The van der Waals surface area contributed by atoms with E-state index < -0.39 is 5.97 Å². The van der Waals surface area contributed by atoms with Crippen molar-refractivity contribution in [1.29, 1.82) is 0 Å². The summed E-state index contributed by atoms with van der Waals surface area (Å²) in [6.07, 6.45) is 2.48. The molecule has 0 saturated carbocycles. The molecular formula is C12H18O3. The van der Waals surface area contributed by atoms with Gasteiger partial charge >= 0.3 is 5.97 Å². The topological polar surface area (TPSA) is 46.5 Å². The normalized spacial score (nSPS) is 19.9. The lowest BCUT2D eigenvalue weighted by Crippen LogP contribution is -2.26. The van der Waals surface area contributed by atoms with Crippen molar-refractivity contribution < 1.29 is 14.6 Å². The highest BCUT2D eigenvalue weighted by atomic mass is 16.5. The SMILES string of the molecule is CCOC1=CC(C)=C(C(=O)O)C(C)(C)C1. The first kappa shape index (κ1) is 11.8. The van der Waals surface area contributed by atoms with Crippen LogP contribution < -0.4 is 0 Å². The van der Waals surface area contributed by atoms with E-state index in [9.17, 15) is 4.79 Å². The van der Waals surface area contributed by atoms with Crippen LogP contribution in [0.2, 0.25) is 0 Å². The Hall–Kier alpha value is -1.25. The Kier molecular flexibility index (Phi) is 3.22. The molecule has 0 fully saturated rings. The van der Waals surface area contributed by atoms with Crippen LogP contribution in [0.4, 0.5) is 0 Å². The lowest BCUT2D eigenvalue weighted by Gasteiger charge is -2.31. The molecule has 0 aromatic rings. The number of carboxylic acids is 1. The highest BCUT2D eigenvalue weighted by Gasteiger charge is 2.34. The van der Waals surface area contributed by atoms with E-state index in [0.717, 1.165) is 11.3 Å². The summed E-state index contributed by atoms with van der Waals surface area (Å²) in [4.78, 5) is 11.1. The molecule has 0 bridgehead atoms. The van der Waals surface area contributed by atoms with E-state index in [1.165, 1.54) is 0 Å². The van der Waals surface area contributed by atoms with E-state index in [1.807, 2.05) is 33.8 Å². The van der Waals surface area contributed by atoms with E-state index in [1.54, 1.807) is 0 Å². The van der Waals surface area contributed by atoms with Crippen molar-refractivity contribution in [2.45, 2.75) is 34.1 Å². The van der Waals surface area contributed by atoms with Crippen LogP contribution in [0.25, 0.3) is 0 Å². The summed E-state index contributed by atoms with van der Waals surface area (Å²) in [5.41, 5.74) is 0.933. The second kappa shape index (κ2) is 4.09. The van der Waals surface area contributed by atoms with Crippen LogP contribution in [0, 0.1) is 5.41 Å². The Morgan fingerprint density at radius 2 is 2.20 bits per heavy atom. The van der Waals surface area contributed by atoms with E-state index in [0.29, 0.717) is 18.6 Å². The third-order valence-corrected chi connectivity index (χ3v) is 2.61. The molecule has 84 valence electrons. The van der Waals surface area contributed by atoms with E-state index in [4.69, 9.17) is 9.84 Å². The zero-order chi connectivity index (χ0) is 11.6. The first-order valence-corrected chi connectivity index (χ1v) is 5.16. The highest BCUT2D eigenvalue weighted by molar-refractivity contribution is 5.90. The molecule has 3 nitrogen and oxygen atoms in total. The molecular weight excluding hydrogens is 192 g/mol. The quantitative estimate of drug-likeness (QED) is 0.779. The predicted molar refractivity (Wildman–Crippen MR) is 58.4 cm³/mol. The van der Waals surface area contributed by atoms with Crippen molar-refractivity contribution in [3.8, 4) is 0 Å². The lowest BCUT2D eigenvalue weighted by atomic mass is 9.75. The van der Waals surface area contributed by atoms with Gasteiger partial charge in [-0.25, -0.2) is 4.79 Å². The number of hydrogen-bond acceptors (Lipinski definition) is 2. The molecule has 1 aliphatic rings. The largest absolute Gasteiger partial charge is 0.498 e. The van der Waals surface area contributed by atoms with Crippen LogP contribution in [0.5, 0.6) is 0 Å². The van der Waals surface area contributed by atoms with Gasteiger partial charge in [-0.05, 0) is 25.5 Å². The molecule has 0 amide bonds. The Bertz CT molecular complexity index is 335. The minimum Gasteiger partial charge on any atom is -0.498 e. The summed E-state index contributed by atoms with van der Waals surface area (Å²) >= 11 is 0. The molecule has 0 saturated heterocycles. The Balaban J connectivity index is 3.11. The number of allylic oxidation sites excluding steroid dienone is 3. The zero-order valence-electron chi connectivity index (χ0n) is 9.76. The molecule has 0 radical (unpaired) electrons. The second-order valence-electron chi connectivity index (χ2n) is 4.47. The van der Waals surface area contributed by atoms with Gasteiger partial charge in [0.25, 0.3) is 0 Å². The van der Waals surface area contributed by atoms with Crippen LogP contribution in [-0.4, -0.2) is 17.7 Å². The van der Waals surface area contributed by atoms with Crippen molar-refractivity contribution in [1.82, 2.24) is 0 Å². The number of carboxylic acid groups (broad SMARTS) is 1. The van der Waals surface area contributed by atoms with Gasteiger partial charge < -0.3 is 9.84 Å². The monoisotopic (exact) mass is 210 g/mol. The summed E-state index contributed by atoms with van der Waals surface area (Å²) in [5, 5.41) is 9.13. The van der Waals surface area contributed by atoms with E-state index >= 15 is 0 Å². The Morgan fingerprint density at radius 1 is 1.60 bits per heavy atom. The molecule has 0 spiro atoms. The van der Waals surface area contributed by atoms with Gasteiger partial charge in [0.05, 0.1) is 12.4 Å². The minimum atomic E-state index is -0.829. The van der Waals surface area contributed by atoms with Crippen molar-refractivity contribution in [2.24, 2.45) is 5.41 Å². The standard InChI is InChI=1S/C12H18O3/c1-5-15-9-6-8(2)10(11(13)14)12(3,4)7-9/h6H,5,7H2,1-4H3,(H,13,14). The van der Waals surface area contributed by atoms with Gasteiger partial charge in [-0.2, -0.15) is 0 Å². The van der Waals surface area contributed by atoms with E-state index in [-0.39, 0.29) is 5.41 Å². The fourth-order valence-electron chi connectivity index (χ4n) is 2.16. The van der Waals surface area contributed by atoms with Crippen molar-refractivity contribution in [3.05, 3.63) is 23.0 Å². The molecule has 1 aliphatic carbocycles. The fourth-order valence-corrected chi connectivity index (χ4v) is 2.16. The van der Waals surface area contributed by atoms with Gasteiger partial charge in [0, 0.05) is 17.4 Å². The van der Waals surface area contributed by atoms with Crippen molar-refractivity contribution >= 4 is 5.97 Å². The number of ether oxygens (including phenoxy) is 1. The maximum absolute atomic E-state index is 11.1. The fraction of sp³-hybridized carbons (Fsp3) is 0.583. The van der Waals surface area contributed by atoms with Crippen LogP contribution in [0.3, 0.4) is 0 Å². The summed E-state index contributed by atoms with van der Waals surface area (Å²) in [5.74, 6) is 0.0503. The average Bonchev–Trinajstić information content (AvgIpc) is 1.99. The van der Waals surface area contributed by atoms with Gasteiger partial charge in [-0.15, -0.1) is 0 Å². The molecule has 1 rings (SSSR count). The maximum Gasteiger partial charge on any atom is 0.332 e. The van der Waals surface area contributed by atoms with Crippen LogP contribution >= 0.6 is 0 Å².